The zero-order valence-corrected chi connectivity index (χ0v) is 13.0. The first-order valence-electron chi connectivity index (χ1n) is 7.47. The average molecular weight is 314 g/mol. The van der Waals surface area contributed by atoms with Gasteiger partial charge in [0.25, 0.3) is 0 Å². The topological polar surface area (TPSA) is 91.5 Å². The van der Waals surface area contributed by atoms with Crippen molar-refractivity contribution in [2.24, 2.45) is 0 Å². The Balaban J connectivity index is 2.11. The van der Waals surface area contributed by atoms with Gasteiger partial charge in [-0.25, -0.2) is 4.98 Å². The molecule has 0 radical (unpaired) electrons. The second-order valence-corrected chi connectivity index (χ2v) is 5.68. The third-order valence-corrected chi connectivity index (χ3v) is 3.92. The highest BCUT2D eigenvalue weighted by atomic mass is 16.6. The molecule has 0 fully saturated rings. The van der Waals surface area contributed by atoms with E-state index in [0.717, 1.165) is 16.5 Å². The van der Waals surface area contributed by atoms with Crippen LogP contribution in [0.5, 0.6) is 0 Å². The predicted octanol–water partition coefficient (Wildman–Crippen LogP) is 2.30. The molecule has 2 N–H and O–H groups in total. The van der Waals surface area contributed by atoms with E-state index in [0.29, 0.717) is 24.2 Å². The fourth-order valence-electron chi connectivity index (χ4n) is 3.07. The summed E-state index contributed by atoms with van der Waals surface area (Å²) in [5.41, 5.74) is 9.10. The van der Waals surface area contributed by atoms with Crippen LogP contribution < -0.4 is 5.73 Å². The summed E-state index contributed by atoms with van der Waals surface area (Å²) in [5.74, 6) is -0.773. The van der Waals surface area contributed by atoms with Crippen LogP contribution in [0.3, 0.4) is 0 Å². The lowest BCUT2D eigenvalue weighted by Crippen LogP contribution is -2.30. The highest BCUT2D eigenvalue weighted by molar-refractivity contribution is 5.92. The molecule has 3 rings (SSSR count). The zero-order chi connectivity index (χ0) is 16.6. The first-order chi connectivity index (χ1) is 11.0. The Morgan fingerprint density at radius 2 is 1.87 bits per heavy atom. The summed E-state index contributed by atoms with van der Waals surface area (Å²) in [4.78, 5) is 27.3. The monoisotopic (exact) mass is 314 g/mol. The molecule has 0 aliphatic heterocycles. The highest BCUT2D eigenvalue weighted by Crippen LogP contribution is 2.38. The van der Waals surface area contributed by atoms with Crippen LogP contribution in [0, 0.1) is 0 Å². The Morgan fingerprint density at radius 1 is 1.17 bits per heavy atom. The van der Waals surface area contributed by atoms with Gasteiger partial charge in [0.1, 0.15) is 12.2 Å². The number of anilines is 1. The van der Waals surface area contributed by atoms with Crippen LogP contribution in [0.4, 0.5) is 5.69 Å². The molecule has 1 aliphatic carbocycles. The van der Waals surface area contributed by atoms with Gasteiger partial charge in [-0.2, -0.15) is 0 Å². The van der Waals surface area contributed by atoms with Gasteiger partial charge in [0, 0.05) is 43.3 Å². The largest absolute Gasteiger partial charge is 0.462 e. The second kappa shape index (κ2) is 5.87. The Labute approximate surface area is 133 Å². The highest BCUT2D eigenvalue weighted by Gasteiger charge is 2.34. The lowest BCUT2D eigenvalue weighted by Gasteiger charge is -2.31. The molecule has 0 saturated carbocycles. The molecule has 120 valence electrons. The number of nitrogen functional groups attached to an aromatic ring is 1. The van der Waals surface area contributed by atoms with Gasteiger partial charge in [-0.15, -0.1) is 0 Å². The molecule has 0 saturated heterocycles. The van der Waals surface area contributed by atoms with E-state index in [9.17, 15) is 9.59 Å². The fraction of sp³-hybridized carbons (Fsp3) is 0.353. The Kier molecular flexibility index (Phi) is 3.90. The van der Waals surface area contributed by atoms with Crippen molar-refractivity contribution in [3.8, 4) is 0 Å². The van der Waals surface area contributed by atoms with Gasteiger partial charge in [-0.1, -0.05) is 18.2 Å². The predicted molar refractivity (Wildman–Crippen MR) is 84.5 cm³/mol. The van der Waals surface area contributed by atoms with Gasteiger partial charge in [0.05, 0.1) is 11.2 Å². The molecule has 1 aromatic heterocycles. The van der Waals surface area contributed by atoms with E-state index in [1.54, 1.807) is 0 Å². The van der Waals surface area contributed by atoms with Crippen molar-refractivity contribution in [2.75, 3.05) is 5.73 Å². The molecule has 0 amide bonds. The molecule has 2 unspecified atom stereocenters. The smallest absolute Gasteiger partial charge is 0.303 e. The van der Waals surface area contributed by atoms with E-state index in [1.807, 2.05) is 24.3 Å². The van der Waals surface area contributed by atoms with Crippen molar-refractivity contribution in [2.45, 2.75) is 38.9 Å². The minimum Gasteiger partial charge on any atom is -0.462 e. The SMILES string of the molecule is CC(=O)OC1Cc2c(nc3ccccc3c2N)C(OC(C)=O)C1. The number of rotatable bonds is 2. The van der Waals surface area contributed by atoms with Crippen molar-refractivity contribution in [1.82, 2.24) is 4.98 Å². The number of esters is 2. The molecule has 0 bridgehead atoms. The van der Waals surface area contributed by atoms with Gasteiger partial charge in [0.15, 0.2) is 0 Å². The summed E-state index contributed by atoms with van der Waals surface area (Å²) in [6, 6.07) is 7.54. The summed E-state index contributed by atoms with van der Waals surface area (Å²) < 4.78 is 10.7. The van der Waals surface area contributed by atoms with Crippen LogP contribution in [0.15, 0.2) is 24.3 Å². The number of carbonyl (C=O) groups excluding carboxylic acids is 2. The number of para-hydroxylation sites is 1. The van der Waals surface area contributed by atoms with Crippen LogP contribution in [0.25, 0.3) is 10.9 Å². The minimum atomic E-state index is -0.562. The van der Waals surface area contributed by atoms with Crippen molar-refractivity contribution in [3.05, 3.63) is 35.5 Å². The molecule has 1 heterocycles. The molecule has 6 heteroatoms. The van der Waals surface area contributed by atoms with E-state index in [2.05, 4.69) is 4.98 Å². The van der Waals surface area contributed by atoms with Crippen LogP contribution in [-0.2, 0) is 25.5 Å². The first-order valence-corrected chi connectivity index (χ1v) is 7.47. The lowest BCUT2D eigenvalue weighted by atomic mass is 9.88. The maximum atomic E-state index is 11.4. The molecule has 6 nitrogen and oxygen atoms in total. The van der Waals surface area contributed by atoms with E-state index in [4.69, 9.17) is 15.2 Å². The third kappa shape index (κ3) is 2.97. The van der Waals surface area contributed by atoms with Gasteiger partial charge in [-0.3, -0.25) is 9.59 Å². The Morgan fingerprint density at radius 3 is 2.57 bits per heavy atom. The fourth-order valence-corrected chi connectivity index (χ4v) is 3.07. The number of fused-ring (bicyclic) bond motifs is 2. The number of hydrogen-bond donors (Lipinski definition) is 1. The molecule has 2 aromatic rings. The summed E-state index contributed by atoms with van der Waals surface area (Å²) in [6.45, 7) is 2.71. The number of pyridine rings is 1. The number of nitrogens with zero attached hydrogens (tertiary/aromatic N) is 1. The van der Waals surface area contributed by atoms with Gasteiger partial charge >= 0.3 is 11.9 Å². The quantitative estimate of drug-likeness (QED) is 0.855. The number of carbonyl (C=O) groups is 2. The molecular formula is C17H18N2O4. The average Bonchev–Trinajstić information content (AvgIpc) is 2.47. The molecule has 1 aromatic carbocycles. The molecule has 1 aliphatic rings. The third-order valence-electron chi connectivity index (χ3n) is 3.92. The van der Waals surface area contributed by atoms with Crippen LogP contribution in [-0.4, -0.2) is 23.0 Å². The van der Waals surface area contributed by atoms with Crippen LogP contribution >= 0.6 is 0 Å². The van der Waals surface area contributed by atoms with Crippen molar-refractivity contribution >= 4 is 28.5 Å². The Bertz CT molecular complexity index is 788. The first kappa shape index (κ1) is 15.3. The standard InChI is InChI=1S/C17H18N2O4/c1-9(20)22-11-7-13-16(18)12-5-3-4-6-14(12)19-17(13)15(8-11)23-10(2)21/h3-6,11,15H,7-8H2,1-2H3,(H2,18,19). The molecular weight excluding hydrogens is 296 g/mol. The summed E-state index contributed by atoms with van der Waals surface area (Å²) in [7, 11) is 0. The second-order valence-electron chi connectivity index (χ2n) is 5.68. The van der Waals surface area contributed by atoms with E-state index >= 15 is 0 Å². The summed E-state index contributed by atoms with van der Waals surface area (Å²) in [5, 5.41) is 0.844. The van der Waals surface area contributed by atoms with Gasteiger partial charge in [-0.05, 0) is 6.07 Å². The number of aromatic nitrogens is 1. The van der Waals surface area contributed by atoms with Crippen molar-refractivity contribution in [1.29, 1.82) is 0 Å². The van der Waals surface area contributed by atoms with Crippen LogP contribution in [0.2, 0.25) is 0 Å². The van der Waals surface area contributed by atoms with E-state index in [-0.39, 0.29) is 12.1 Å². The normalized spacial score (nSPS) is 19.9. The summed E-state index contributed by atoms with van der Waals surface area (Å²) in [6.07, 6.45) is -0.0880. The van der Waals surface area contributed by atoms with E-state index in [1.165, 1.54) is 13.8 Å². The summed E-state index contributed by atoms with van der Waals surface area (Å²) >= 11 is 0. The zero-order valence-electron chi connectivity index (χ0n) is 13.0. The van der Waals surface area contributed by atoms with Gasteiger partial charge in [0.2, 0.25) is 0 Å². The van der Waals surface area contributed by atoms with Crippen molar-refractivity contribution in [3.63, 3.8) is 0 Å². The number of benzene rings is 1. The molecule has 23 heavy (non-hydrogen) atoms. The minimum absolute atomic E-state index is 0.368. The van der Waals surface area contributed by atoms with Crippen LogP contribution in [0.1, 0.15) is 37.6 Å². The molecule has 0 spiro atoms. The van der Waals surface area contributed by atoms with Gasteiger partial charge < -0.3 is 15.2 Å². The van der Waals surface area contributed by atoms with Crippen molar-refractivity contribution < 1.29 is 19.1 Å². The molecule has 2 atom stereocenters. The number of hydrogen-bond acceptors (Lipinski definition) is 6. The maximum absolute atomic E-state index is 11.4. The van der Waals surface area contributed by atoms with E-state index < -0.39 is 12.1 Å². The lowest BCUT2D eigenvalue weighted by molar-refractivity contribution is -0.154. The number of ether oxygens (including phenoxy) is 2. The number of nitrogens with two attached hydrogens (primary N) is 1. The maximum Gasteiger partial charge on any atom is 0.303 e. The Hall–Kier alpha value is -2.63.